The van der Waals surface area contributed by atoms with Crippen molar-refractivity contribution in [3.63, 3.8) is 0 Å². The second kappa shape index (κ2) is 7.44. The van der Waals surface area contributed by atoms with Crippen molar-refractivity contribution >= 4 is 11.6 Å². The Morgan fingerprint density at radius 3 is 2.50 bits per heavy atom. The van der Waals surface area contributed by atoms with Crippen molar-refractivity contribution in [3.8, 4) is 0 Å². The fourth-order valence-electron chi connectivity index (χ4n) is 2.73. The summed E-state index contributed by atoms with van der Waals surface area (Å²) < 4.78 is 0. The van der Waals surface area contributed by atoms with E-state index in [0.717, 1.165) is 31.1 Å². The van der Waals surface area contributed by atoms with E-state index in [1.807, 2.05) is 12.1 Å². The van der Waals surface area contributed by atoms with E-state index >= 15 is 0 Å². The highest BCUT2D eigenvalue weighted by molar-refractivity contribution is 5.90. The first kappa shape index (κ1) is 15.0. The van der Waals surface area contributed by atoms with Gasteiger partial charge in [-0.1, -0.05) is 26.0 Å². The van der Waals surface area contributed by atoms with Crippen LogP contribution in [-0.2, 0) is 11.2 Å². The number of hydrogen-bond acceptors (Lipinski definition) is 2. The zero-order valence-electron chi connectivity index (χ0n) is 12.6. The monoisotopic (exact) mass is 274 g/mol. The number of piperidine rings is 1. The molecule has 0 radical (unpaired) electrons. The molecule has 0 saturated carbocycles. The van der Waals surface area contributed by atoms with Crippen LogP contribution in [-0.4, -0.2) is 19.0 Å². The molecule has 1 saturated heterocycles. The van der Waals surface area contributed by atoms with Gasteiger partial charge in [0.2, 0.25) is 5.91 Å². The number of nitrogens with one attached hydrogen (secondary N) is 2. The van der Waals surface area contributed by atoms with Crippen LogP contribution in [0.2, 0.25) is 0 Å². The summed E-state index contributed by atoms with van der Waals surface area (Å²) in [5, 5.41) is 6.35. The number of hydrogen-bond donors (Lipinski definition) is 2. The molecular weight excluding hydrogens is 248 g/mol. The molecule has 1 aromatic carbocycles. The highest BCUT2D eigenvalue weighted by atomic mass is 16.1. The van der Waals surface area contributed by atoms with Gasteiger partial charge in [-0.25, -0.2) is 0 Å². The van der Waals surface area contributed by atoms with Gasteiger partial charge in [0.05, 0.1) is 0 Å². The highest BCUT2D eigenvalue weighted by Gasteiger charge is 2.13. The fraction of sp³-hybridized carbons (Fsp3) is 0.588. The number of anilines is 1. The molecule has 1 fully saturated rings. The minimum atomic E-state index is 0.103. The van der Waals surface area contributed by atoms with Gasteiger partial charge in [-0.2, -0.15) is 0 Å². The van der Waals surface area contributed by atoms with Crippen LogP contribution in [0.3, 0.4) is 0 Å². The molecule has 2 rings (SSSR count). The van der Waals surface area contributed by atoms with Crippen LogP contribution in [0.4, 0.5) is 5.69 Å². The Kier molecular flexibility index (Phi) is 5.60. The molecule has 20 heavy (non-hydrogen) atoms. The van der Waals surface area contributed by atoms with Gasteiger partial charge in [-0.05, 0) is 61.9 Å². The number of amides is 1. The Morgan fingerprint density at radius 2 is 1.90 bits per heavy atom. The third-order valence-electron chi connectivity index (χ3n) is 3.81. The average Bonchev–Trinajstić information content (AvgIpc) is 2.41. The predicted octanol–water partition coefficient (Wildman–Crippen LogP) is 3.21. The van der Waals surface area contributed by atoms with Crippen LogP contribution in [0.1, 0.15) is 38.7 Å². The van der Waals surface area contributed by atoms with Gasteiger partial charge >= 0.3 is 0 Å². The van der Waals surface area contributed by atoms with E-state index in [1.54, 1.807) is 0 Å². The second-order valence-electron chi connectivity index (χ2n) is 6.24. The van der Waals surface area contributed by atoms with E-state index in [0.29, 0.717) is 12.3 Å². The normalized spacial score (nSPS) is 16.4. The van der Waals surface area contributed by atoms with Gasteiger partial charge in [0.25, 0.3) is 0 Å². The Bertz CT molecular complexity index is 419. The van der Waals surface area contributed by atoms with Crippen molar-refractivity contribution in [2.45, 2.75) is 39.5 Å². The maximum Gasteiger partial charge on any atom is 0.224 e. The maximum absolute atomic E-state index is 11.7. The van der Waals surface area contributed by atoms with E-state index in [9.17, 15) is 4.79 Å². The number of carbonyl (C=O) groups is 1. The molecule has 3 heteroatoms. The molecule has 1 amide bonds. The van der Waals surface area contributed by atoms with Gasteiger partial charge in [0.1, 0.15) is 0 Å². The number of carbonyl (C=O) groups excluding carboxylic acids is 1. The highest BCUT2D eigenvalue weighted by Crippen LogP contribution is 2.19. The Balaban J connectivity index is 1.84. The van der Waals surface area contributed by atoms with Crippen molar-refractivity contribution in [3.05, 3.63) is 29.8 Å². The lowest BCUT2D eigenvalue weighted by Gasteiger charge is -2.22. The summed E-state index contributed by atoms with van der Waals surface area (Å²) in [4.78, 5) is 11.7. The Labute approximate surface area is 122 Å². The molecule has 1 heterocycles. The first-order valence-corrected chi connectivity index (χ1v) is 7.73. The molecule has 3 nitrogen and oxygen atoms in total. The molecule has 1 aliphatic heterocycles. The summed E-state index contributed by atoms with van der Waals surface area (Å²) in [6, 6.07) is 8.34. The molecule has 110 valence electrons. The number of rotatable bonds is 5. The molecular formula is C17H26N2O. The second-order valence-corrected chi connectivity index (χ2v) is 6.24. The van der Waals surface area contributed by atoms with Crippen molar-refractivity contribution in [1.82, 2.24) is 5.32 Å². The molecule has 0 bridgehead atoms. The maximum atomic E-state index is 11.7. The lowest BCUT2D eigenvalue weighted by molar-refractivity contribution is -0.116. The van der Waals surface area contributed by atoms with E-state index < -0.39 is 0 Å². The first-order chi connectivity index (χ1) is 9.63. The van der Waals surface area contributed by atoms with Gasteiger partial charge in [0, 0.05) is 12.1 Å². The molecule has 0 aliphatic carbocycles. The van der Waals surface area contributed by atoms with Gasteiger partial charge < -0.3 is 10.6 Å². The summed E-state index contributed by atoms with van der Waals surface area (Å²) in [7, 11) is 0. The van der Waals surface area contributed by atoms with Gasteiger partial charge in [-0.3, -0.25) is 4.79 Å². The lowest BCUT2D eigenvalue weighted by Crippen LogP contribution is -2.28. The van der Waals surface area contributed by atoms with E-state index in [-0.39, 0.29) is 5.91 Å². The summed E-state index contributed by atoms with van der Waals surface area (Å²) in [5.41, 5.74) is 2.28. The van der Waals surface area contributed by atoms with Crippen LogP contribution >= 0.6 is 0 Å². The molecule has 0 aromatic heterocycles. The van der Waals surface area contributed by atoms with Crippen molar-refractivity contribution in [2.24, 2.45) is 11.8 Å². The third kappa shape index (κ3) is 4.97. The van der Waals surface area contributed by atoms with Crippen molar-refractivity contribution in [2.75, 3.05) is 18.4 Å². The molecule has 0 unspecified atom stereocenters. The standard InChI is InChI=1S/C17H26N2O/c1-13(2)11-17(20)19-16-5-3-14(4-6-16)12-15-7-9-18-10-8-15/h3-6,13,15,18H,7-12H2,1-2H3,(H,19,20). The fourth-order valence-corrected chi connectivity index (χ4v) is 2.73. The summed E-state index contributed by atoms with van der Waals surface area (Å²) >= 11 is 0. The van der Waals surface area contributed by atoms with E-state index in [1.165, 1.54) is 18.4 Å². The third-order valence-corrected chi connectivity index (χ3v) is 3.81. The summed E-state index contributed by atoms with van der Waals surface area (Å²) in [6.07, 6.45) is 4.28. The SMILES string of the molecule is CC(C)CC(=O)Nc1ccc(CC2CCNCC2)cc1. The summed E-state index contributed by atoms with van der Waals surface area (Å²) in [5.74, 6) is 1.30. The quantitative estimate of drug-likeness (QED) is 0.865. The van der Waals surface area contributed by atoms with Crippen LogP contribution in [0.5, 0.6) is 0 Å². The van der Waals surface area contributed by atoms with Gasteiger partial charge in [-0.15, -0.1) is 0 Å². The van der Waals surface area contributed by atoms with Crippen LogP contribution in [0.15, 0.2) is 24.3 Å². The summed E-state index contributed by atoms with van der Waals surface area (Å²) in [6.45, 7) is 6.41. The van der Waals surface area contributed by atoms with Crippen LogP contribution < -0.4 is 10.6 Å². The zero-order valence-corrected chi connectivity index (χ0v) is 12.6. The van der Waals surface area contributed by atoms with Crippen molar-refractivity contribution in [1.29, 1.82) is 0 Å². The largest absolute Gasteiger partial charge is 0.326 e. The van der Waals surface area contributed by atoms with Crippen LogP contribution in [0, 0.1) is 11.8 Å². The minimum Gasteiger partial charge on any atom is -0.326 e. The Morgan fingerprint density at radius 1 is 1.25 bits per heavy atom. The molecule has 0 atom stereocenters. The minimum absolute atomic E-state index is 0.103. The lowest BCUT2D eigenvalue weighted by atomic mass is 9.91. The van der Waals surface area contributed by atoms with Crippen LogP contribution in [0.25, 0.3) is 0 Å². The van der Waals surface area contributed by atoms with Crippen molar-refractivity contribution < 1.29 is 4.79 Å². The molecule has 0 spiro atoms. The van der Waals surface area contributed by atoms with E-state index in [4.69, 9.17) is 0 Å². The van der Waals surface area contributed by atoms with Gasteiger partial charge in [0.15, 0.2) is 0 Å². The van der Waals surface area contributed by atoms with E-state index in [2.05, 4.69) is 36.6 Å². The smallest absolute Gasteiger partial charge is 0.224 e. The number of benzene rings is 1. The first-order valence-electron chi connectivity index (χ1n) is 7.73. The Hall–Kier alpha value is -1.35. The molecule has 1 aliphatic rings. The molecule has 2 N–H and O–H groups in total. The predicted molar refractivity (Wildman–Crippen MR) is 83.8 cm³/mol. The molecule has 1 aromatic rings. The topological polar surface area (TPSA) is 41.1 Å². The zero-order chi connectivity index (χ0) is 14.4. The average molecular weight is 274 g/mol.